The maximum Gasteiger partial charge on any atom is 0.128 e. The molecule has 19 heavy (non-hydrogen) atoms. The highest BCUT2D eigenvalue weighted by molar-refractivity contribution is 6.20. The largest absolute Gasteiger partial charge is 0.323 e. The second kappa shape index (κ2) is 3.95. The Labute approximate surface area is 117 Å². The molecule has 102 valence electrons. The molecule has 2 atom stereocenters. The van der Waals surface area contributed by atoms with E-state index in [9.17, 15) is 4.39 Å². The summed E-state index contributed by atoms with van der Waals surface area (Å²) in [4.78, 5) is 4.53. The van der Waals surface area contributed by atoms with Crippen LogP contribution < -0.4 is 0 Å². The standard InChI is InChI=1S/C15H18ClFN2/c1-8-5-12-11(6-10(8)17)18-14(9(2)16)19(12)13-7-15(13,3)4/h5-6,9,13H,7H2,1-4H3. The van der Waals surface area contributed by atoms with E-state index in [0.29, 0.717) is 17.1 Å². The van der Waals surface area contributed by atoms with Crippen molar-refractivity contribution >= 4 is 22.6 Å². The van der Waals surface area contributed by atoms with Crippen LogP contribution in [0.3, 0.4) is 0 Å². The van der Waals surface area contributed by atoms with Crippen LogP contribution in [0, 0.1) is 18.2 Å². The van der Waals surface area contributed by atoms with Gasteiger partial charge in [0.05, 0.1) is 16.4 Å². The molecule has 2 nitrogen and oxygen atoms in total. The van der Waals surface area contributed by atoms with Crippen molar-refractivity contribution in [1.82, 2.24) is 9.55 Å². The van der Waals surface area contributed by atoms with E-state index in [1.54, 1.807) is 6.92 Å². The van der Waals surface area contributed by atoms with E-state index in [-0.39, 0.29) is 16.6 Å². The summed E-state index contributed by atoms with van der Waals surface area (Å²) in [5, 5.41) is -0.174. The fraction of sp³-hybridized carbons (Fsp3) is 0.533. The van der Waals surface area contributed by atoms with E-state index < -0.39 is 0 Å². The van der Waals surface area contributed by atoms with Gasteiger partial charge in [0, 0.05) is 12.1 Å². The Morgan fingerprint density at radius 1 is 1.47 bits per heavy atom. The number of benzene rings is 1. The minimum Gasteiger partial charge on any atom is -0.323 e. The van der Waals surface area contributed by atoms with Crippen molar-refractivity contribution in [2.75, 3.05) is 0 Å². The van der Waals surface area contributed by atoms with Crippen LogP contribution in [-0.2, 0) is 0 Å². The van der Waals surface area contributed by atoms with Crippen LogP contribution in [0.25, 0.3) is 11.0 Å². The molecular weight excluding hydrogens is 263 g/mol. The molecule has 4 heteroatoms. The number of halogens is 2. The molecule has 0 saturated heterocycles. The lowest BCUT2D eigenvalue weighted by Crippen LogP contribution is -2.06. The molecule has 0 N–H and O–H groups in total. The summed E-state index contributed by atoms with van der Waals surface area (Å²) >= 11 is 6.25. The molecule has 3 rings (SSSR count). The number of aromatic nitrogens is 2. The van der Waals surface area contributed by atoms with Crippen LogP contribution in [-0.4, -0.2) is 9.55 Å². The molecule has 1 aliphatic rings. The highest BCUT2D eigenvalue weighted by Crippen LogP contribution is 2.57. The second-order valence-electron chi connectivity index (χ2n) is 6.25. The molecule has 1 aliphatic carbocycles. The molecule has 1 fully saturated rings. The molecule has 0 amide bonds. The van der Waals surface area contributed by atoms with Crippen LogP contribution in [0.5, 0.6) is 0 Å². The quantitative estimate of drug-likeness (QED) is 0.726. The topological polar surface area (TPSA) is 17.8 Å². The van der Waals surface area contributed by atoms with Crippen LogP contribution in [0.4, 0.5) is 4.39 Å². The molecule has 2 aromatic rings. The first-order chi connectivity index (χ1) is 8.81. The summed E-state index contributed by atoms with van der Waals surface area (Å²) in [5.74, 6) is 0.637. The predicted octanol–water partition coefficient (Wildman–Crippen LogP) is 4.75. The van der Waals surface area contributed by atoms with Crippen molar-refractivity contribution in [3.8, 4) is 0 Å². The number of alkyl halides is 1. The average Bonchev–Trinajstić information content (AvgIpc) is 2.77. The fourth-order valence-corrected chi connectivity index (χ4v) is 2.88. The second-order valence-corrected chi connectivity index (χ2v) is 6.91. The van der Waals surface area contributed by atoms with Gasteiger partial charge in [-0.25, -0.2) is 9.37 Å². The Bertz CT molecular complexity index is 658. The number of hydrogen-bond acceptors (Lipinski definition) is 1. The number of nitrogens with zero attached hydrogens (tertiary/aromatic N) is 2. The van der Waals surface area contributed by atoms with E-state index in [0.717, 1.165) is 17.8 Å². The molecule has 0 bridgehead atoms. The summed E-state index contributed by atoms with van der Waals surface area (Å²) in [5.41, 5.74) is 2.63. The zero-order valence-corrected chi connectivity index (χ0v) is 12.4. The first-order valence-corrected chi connectivity index (χ1v) is 7.07. The average molecular weight is 281 g/mol. The predicted molar refractivity (Wildman–Crippen MR) is 76.1 cm³/mol. The third-order valence-electron chi connectivity index (χ3n) is 4.13. The van der Waals surface area contributed by atoms with E-state index in [1.165, 1.54) is 6.07 Å². The van der Waals surface area contributed by atoms with Gasteiger partial charge in [-0.2, -0.15) is 0 Å². The van der Waals surface area contributed by atoms with Gasteiger partial charge in [0.25, 0.3) is 0 Å². The van der Waals surface area contributed by atoms with E-state index in [4.69, 9.17) is 11.6 Å². The molecule has 2 unspecified atom stereocenters. The number of rotatable bonds is 2. The zero-order valence-electron chi connectivity index (χ0n) is 11.7. The summed E-state index contributed by atoms with van der Waals surface area (Å²) in [7, 11) is 0. The fourth-order valence-electron chi connectivity index (χ4n) is 2.73. The van der Waals surface area contributed by atoms with Crippen LogP contribution in [0.15, 0.2) is 12.1 Å². The Morgan fingerprint density at radius 2 is 2.11 bits per heavy atom. The van der Waals surface area contributed by atoms with Crippen molar-refractivity contribution in [1.29, 1.82) is 0 Å². The Kier molecular flexibility index (Phi) is 2.69. The number of aryl methyl sites for hydroxylation is 1. The van der Waals surface area contributed by atoms with Gasteiger partial charge >= 0.3 is 0 Å². The normalized spacial score (nSPS) is 22.7. The summed E-state index contributed by atoms with van der Waals surface area (Å²) < 4.78 is 15.9. The van der Waals surface area contributed by atoms with E-state index in [1.807, 2.05) is 13.0 Å². The van der Waals surface area contributed by atoms with Crippen molar-refractivity contribution in [3.63, 3.8) is 0 Å². The number of hydrogen-bond donors (Lipinski definition) is 0. The lowest BCUT2D eigenvalue weighted by atomic mass is 10.1. The van der Waals surface area contributed by atoms with E-state index in [2.05, 4.69) is 23.4 Å². The highest BCUT2D eigenvalue weighted by atomic mass is 35.5. The lowest BCUT2D eigenvalue weighted by Gasteiger charge is -2.12. The van der Waals surface area contributed by atoms with Gasteiger partial charge in [-0.3, -0.25) is 0 Å². The lowest BCUT2D eigenvalue weighted by molar-refractivity contribution is 0.535. The van der Waals surface area contributed by atoms with Crippen LogP contribution in [0.1, 0.15) is 50.0 Å². The van der Waals surface area contributed by atoms with Crippen molar-refractivity contribution in [2.24, 2.45) is 5.41 Å². The molecule has 0 spiro atoms. The minimum absolute atomic E-state index is 0.174. The Morgan fingerprint density at radius 3 is 2.63 bits per heavy atom. The third-order valence-corrected chi connectivity index (χ3v) is 4.32. The number of imidazole rings is 1. The van der Waals surface area contributed by atoms with E-state index >= 15 is 0 Å². The summed E-state index contributed by atoms with van der Waals surface area (Å²) in [6.07, 6.45) is 1.12. The molecule has 0 radical (unpaired) electrons. The van der Waals surface area contributed by atoms with Gasteiger partial charge < -0.3 is 4.57 Å². The van der Waals surface area contributed by atoms with Crippen molar-refractivity contribution < 1.29 is 4.39 Å². The smallest absolute Gasteiger partial charge is 0.128 e. The summed E-state index contributed by atoms with van der Waals surface area (Å²) in [6.45, 7) is 8.18. The SMILES string of the molecule is Cc1cc2c(cc1F)nc(C(C)Cl)n2C1CC1(C)C. The Hall–Kier alpha value is -1.09. The minimum atomic E-state index is -0.207. The third kappa shape index (κ3) is 1.95. The molecule has 0 aliphatic heterocycles. The van der Waals surface area contributed by atoms with Crippen molar-refractivity contribution in [2.45, 2.75) is 45.5 Å². The van der Waals surface area contributed by atoms with Crippen LogP contribution in [0.2, 0.25) is 0 Å². The highest BCUT2D eigenvalue weighted by Gasteiger charge is 2.48. The molecule has 1 saturated carbocycles. The molecule has 1 aromatic heterocycles. The number of fused-ring (bicyclic) bond motifs is 1. The van der Waals surface area contributed by atoms with Gasteiger partial charge in [0.1, 0.15) is 11.6 Å². The molecule has 1 heterocycles. The summed E-state index contributed by atoms with van der Waals surface area (Å²) in [6, 6.07) is 3.81. The molecule has 1 aromatic carbocycles. The van der Waals surface area contributed by atoms with Gasteiger partial charge in [0.15, 0.2) is 0 Å². The van der Waals surface area contributed by atoms with Gasteiger partial charge in [0.2, 0.25) is 0 Å². The van der Waals surface area contributed by atoms with Gasteiger partial charge in [-0.15, -0.1) is 11.6 Å². The first kappa shape index (κ1) is 12.9. The first-order valence-electron chi connectivity index (χ1n) is 6.63. The Balaban J connectivity index is 2.27. The van der Waals surface area contributed by atoms with Gasteiger partial charge in [-0.05, 0) is 37.3 Å². The molecular formula is C15H18ClFN2. The zero-order chi connectivity index (χ0) is 13.9. The van der Waals surface area contributed by atoms with Crippen molar-refractivity contribution in [3.05, 3.63) is 29.3 Å². The maximum atomic E-state index is 13.7. The van der Waals surface area contributed by atoms with Gasteiger partial charge in [-0.1, -0.05) is 13.8 Å². The monoisotopic (exact) mass is 280 g/mol. The maximum absolute atomic E-state index is 13.7. The van der Waals surface area contributed by atoms with Crippen LogP contribution >= 0.6 is 11.6 Å².